The molecule has 4 heteroatoms. The molecule has 0 aliphatic heterocycles. The molecule has 4 nitrogen and oxygen atoms in total. The number of H-pyrrole nitrogens is 1. The summed E-state index contributed by atoms with van der Waals surface area (Å²) in [4.78, 5) is 15.1. The van der Waals surface area contributed by atoms with Crippen LogP contribution in [0.3, 0.4) is 0 Å². The van der Waals surface area contributed by atoms with Gasteiger partial charge >= 0.3 is 5.97 Å². The van der Waals surface area contributed by atoms with Gasteiger partial charge in [-0.15, -0.1) is 0 Å². The molecule has 0 saturated heterocycles. The highest BCUT2D eigenvalue weighted by Gasteiger charge is 2.10. The number of nitrogens with one attached hydrogen (secondary N) is 1. The maximum absolute atomic E-state index is 12.0. The van der Waals surface area contributed by atoms with Crippen LogP contribution >= 0.6 is 0 Å². The second kappa shape index (κ2) is 5.71. The Morgan fingerprint density at radius 2 is 1.86 bits per heavy atom. The highest BCUT2D eigenvalue weighted by atomic mass is 16.5. The number of esters is 1. The van der Waals surface area contributed by atoms with E-state index < -0.39 is 0 Å². The second-order valence-electron chi connectivity index (χ2n) is 4.69. The predicted molar refractivity (Wildman–Crippen MR) is 80.4 cm³/mol. The Balaban J connectivity index is 1.68. The number of hydrogen-bond donors (Lipinski definition) is 1. The lowest BCUT2D eigenvalue weighted by Crippen LogP contribution is -2.05. The summed E-state index contributed by atoms with van der Waals surface area (Å²) in [5.74, 6) is 0.419. The first-order valence-corrected chi connectivity index (χ1v) is 6.64. The molecule has 3 aromatic rings. The van der Waals surface area contributed by atoms with Crippen LogP contribution in [0, 0.1) is 0 Å². The SMILES string of the molecule is COc1ccc(COC(=O)c2cc3ccccc3[nH]2)cc1. The third-order valence-electron chi connectivity index (χ3n) is 3.28. The van der Waals surface area contributed by atoms with Crippen LogP contribution in [-0.4, -0.2) is 18.1 Å². The molecule has 0 atom stereocenters. The first kappa shape index (κ1) is 13.2. The number of rotatable bonds is 4. The van der Waals surface area contributed by atoms with Crippen molar-refractivity contribution in [2.75, 3.05) is 7.11 Å². The molecule has 0 aliphatic rings. The predicted octanol–water partition coefficient (Wildman–Crippen LogP) is 3.53. The molecule has 0 fully saturated rings. The summed E-state index contributed by atoms with van der Waals surface area (Å²) < 4.78 is 10.4. The number of aromatic nitrogens is 1. The average Bonchev–Trinajstić information content (AvgIpc) is 2.97. The zero-order valence-corrected chi connectivity index (χ0v) is 11.6. The van der Waals surface area contributed by atoms with Crippen molar-refractivity contribution in [3.8, 4) is 5.75 Å². The van der Waals surface area contributed by atoms with Gasteiger partial charge in [-0.05, 0) is 29.8 Å². The second-order valence-corrected chi connectivity index (χ2v) is 4.69. The van der Waals surface area contributed by atoms with Crippen molar-refractivity contribution in [3.63, 3.8) is 0 Å². The lowest BCUT2D eigenvalue weighted by atomic mass is 10.2. The van der Waals surface area contributed by atoms with Crippen LogP contribution in [0.1, 0.15) is 16.1 Å². The van der Waals surface area contributed by atoms with E-state index >= 15 is 0 Å². The fourth-order valence-corrected chi connectivity index (χ4v) is 2.13. The van der Waals surface area contributed by atoms with Crippen molar-refractivity contribution in [2.24, 2.45) is 0 Å². The number of ether oxygens (including phenoxy) is 2. The van der Waals surface area contributed by atoms with E-state index in [-0.39, 0.29) is 12.6 Å². The molecule has 2 aromatic carbocycles. The number of carbonyl (C=O) groups excluding carboxylic acids is 1. The minimum atomic E-state index is -0.359. The van der Waals surface area contributed by atoms with E-state index in [1.54, 1.807) is 13.2 Å². The Morgan fingerprint density at radius 1 is 1.10 bits per heavy atom. The summed E-state index contributed by atoms with van der Waals surface area (Å²) in [6.07, 6.45) is 0. The van der Waals surface area contributed by atoms with Gasteiger partial charge in [0.05, 0.1) is 7.11 Å². The molecule has 0 radical (unpaired) electrons. The average molecular weight is 281 g/mol. The van der Waals surface area contributed by atoms with E-state index in [4.69, 9.17) is 9.47 Å². The molecule has 1 N–H and O–H groups in total. The number of para-hydroxylation sites is 1. The molecule has 0 bridgehead atoms. The lowest BCUT2D eigenvalue weighted by molar-refractivity contribution is 0.0467. The fraction of sp³-hybridized carbons (Fsp3) is 0.118. The molecular formula is C17H15NO3. The number of hydrogen-bond acceptors (Lipinski definition) is 3. The van der Waals surface area contributed by atoms with Gasteiger partial charge in [-0.3, -0.25) is 0 Å². The first-order chi connectivity index (χ1) is 10.3. The van der Waals surface area contributed by atoms with Crippen LogP contribution in [0.25, 0.3) is 10.9 Å². The standard InChI is InChI=1S/C17H15NO3/c1-20-14-8-6-12(7-9-14)11-21-17(19)16-10-13-4-2-3-5-15(13)18-16/h2-10,18H,11H2,1H3. The fourth-order valence-electron chi connectivity index (χ4n) is 2.13. The number of methoxy groups -OCH3 is 1. The molecule has 0 amide bonds. The molecule has 0 aliphatic carbocycles. The van der Waals surface area contributed by atoms with Crippen LogP contribution in [-0.2, 0) is 11.3 Å². The van der Waals surface area contributed by atoms with Crippen molar-refractivity contribution >= 4 is 16.9 Å². The Labute approximate surface area is 122 Å². The van der Waals surface area contributed by atoms with Gasteiger partial charge in [0.1, 0.15) is 18.1 Å². The normalized spacial score (nSPS) is 10.5. The molecule has 106 valence electrons. The van der Waals surface area contributed by atoms with Gasteiger partial charge in [-0.25, -0.2) is 4.79 Å². The minimum Gasteiger partial charge on any atom is -0.497 e. The van der Waals surface area contributed by atoms with Gasteiger partial charge < -0.3 is 14.5 Å². The highest BCUT2D eigenvalue weighted by Crippen LogP contribution is 2.16. The minimum absolute atomic E-state index is 0.234. The Hall–Kier alpha value is -2.75. The van der Waals surface area contributed by atoms with Gasteiger partial charge in [-0.1, -0.05) is 30.3 Å². The Morgan fingerprint density at radius 3 is 2.57 bits per heavy atom. The molecular weight excluding hydrogens is 266 g/mol. The van der Waals surface area contributed by atoms with Crippen molar-refractivity contribution in [1.82, 2.24) is 4.98 Å². The molecule has 21 heavy (non-hydrogen) atoms. The summed E-state index contributed by atoms with van der Waals surface area (Å²) in [6, 6.07) is 17.0. The highest BCUT2D eigenvalue weighted by molar-refractivity contribution is 5.94. The summed E-state index contributed by atoms with van der Waals surface area (Å²) in [7, 11) is 1.62. The molecule has 1 heterocycles. The molecule has 1 aromatic heterocycles. The molecule has 0 unspecified atom stereocenters. The van der Waals surface area contributed by atoms with Crippen LogP contribution < -0.4 is 4.74 Å². The zero-order valence-electron chi connectivity index (χ0n) is 11.6. The van der Waals surface area contributed by atoms with E-state index in [9.17, 15) is 4.79 Å². The summed E-state index contributed by atoms with van der Waals surface area (Å²) in [5.41, 5.74) is 2.30. The summed E-state index contributed by atoms with van der Waals surface area (Å²) in [5, 5.41) is 0.994. The van der Waals surface area contributed by atoms with Crippen LogP contribution in [0.4, 0.5) is 0 Å². The van der Waals surface area contributed by atoms with Crippen molar-refractivity contribution in [3.05, 3.63) is 65.9 Å². The number of aromatic amines is 1. The largest absolute Gasteiger partial charge is 0.497 e. The topological polar surface area (TPSA) is 51.3 Å². The van der Waals surface area contributed by atoms with E-state index in [1.807, 2.05) is 48.5 Å². The van der Waals surface area contributed by atoms with Gasteiger partial charge in [-0.2, -0.15) is 0 Å². The quantitative estimate of drug-likeness (QED) is 0.744. The van der Waals surface area contributed by atoms with E-state index in [0.717, 1.165) is 22.2 Å². The number of benzene rings is 2. The number of carbonyl (C=O) groups is 1. The van der Waals surface area contributed by atoms with Gasteiger partial charge in [0.15, 0.2) is 0 Å². The van der Waals surface area contributed by atoms with Crippen LogP contribution in [0.5, 0.6) is 5.75 Å². The van der Waals surface area contributed by atoms with Crippen molar-refractivity contribution in [2.45, 2.75) is 6.61 Å². The smallest absolute Gasteiger partial charge is 0.355 e. The van der Waals surface area contributed by atoms with Gasteiger partial charge in [0, 0.05) is 10.9 Å². The zero-order chi connectivity index (χ0) is 14.7. The third kappa shape index (κ3) is 2.89. The summed E-state index contributed by atoms with van der Waals surface area (Å²) in [6.45, 7) is 0.234. The van der Waals surface area contributed by atoms with Crippen LogP contribution in [0.2, 0.25) is 0 Å². The number of fused-ring (bicyclic) bond motifs is 1. The van der Waals surface area contributed by atoms with Crippen LogP contribution in [0.15, 0.2) is 54.6 Å². The van der Waals surface area contributed by atoms with E-state index in [1.165, 1.54) is 0 Å². The van der Waals surface area contributed by atoms with Crippen molar-refractivity contribution in [1.29, 1.82) is 0 Å². The summed E-state index contributed by atoms with van der Waals surface area (Å²) >= 11 is 0. The molecule has 3 rings (SSSR count). The lowest BCUT2D eigenvalue weighted by Gasteiger charge is -2.04. The monoisotopic (exact) mass is 281 g/mol. The van der Waals surface area contributed by atoms with E-state index in [0.29, 0.717) is 5.69 Å². The first-order valence-electron chi connectivity index (χ1n) is 6.64. The van der Waals surface area contributed by atoms with E-state index in [2.05, 4.69) is 4.98 Å². The maximum atomic E-state index is 12.0. The van der Waals surface area contributed by atoms with Gasteiger partial charge in [0.25, 0.3) is 0 Å². The maximum Gasteiger partial charge on any atom is 0.355 e. The van der Waals surface area contributed by atoms with Crippen molar-refractivity contribution < 1.29 is 14.3 Å². The van der Waals surface area contributed by atoms with Gasteiger partial charge in [0.2, 0.25) is 0 Å². The Kier molecular flexibility index (Phi) is 3.60. The molecule has 0 saturated carbocycles. The molecule has 0 spiro atoms. The Bertz CT molecular complexity index is 726. The third-order valence-corrected chi connectivity index (χ3v) is 3.28.